The highest BCUT2D eigenvalue weighted by Gasteiger charge is 2.25. The van der Waals surface area contributed by atoms with Crippen molar-refractivity contribution in [2.75, 3.05) is 6.61 Å². The molecule has 130 valence electrons. The van der Waals surface area contributed by atoms with Crippen LogP contribution < -0.4 is 14.8 Å². The first-order valence-corrected chi connectivity index (χ1v) is 8.04. The molecule has 2 aromatic rings. The van der Waals surface area contributed by atoms with Crippen molar-refractivity contribution in [3.05, 3.63) is 59.7 Å². The highest BCUT2D eigenvalue weighted by Crippen LogP contribution is 2.23. The minimum absolute atomic E-state index is 0.172. The number of hydrogen-bond acceptors (Lipinski definition) is 4. The van der Waals surface area contributed by atoms with E-state index in [0.717, 1.165) is 5.56 Å². The highest BCUT2D eigenvalue weighted by molar-refractivity contribution is 5.97. The summed E-state index contributed by atoms with van der Waals surface area (Å²) in [6.45, 7) is 1.85. The third-order valence-corrected chi connectivity index (χ3v) is 3.98. The molecule has 3 rings (SSSR count). The SMILES string of the molecule is CC(Cc1ccc(OCC2NC(=O)c3ccccc3O2)cc1)C(=O)O. The molecule has 2 unspecified atom stereocenters. The summed E-state index contributed by atoms with van der Waals surface area (Å²) in [5.74, 6) is -0.266. The second-order valence-electron chi connectivity index (χ2n) is 5.97. The van der Waals surface area contributed by atoms with E-state index in [1.165, 1.54) is 0 Å². The van der Waals surface area contributed by atoms with Gasteiger partial charge in [-0.25, -0.2) is 0 Å². The Morgan fingerprint density at radius 3 is 2.68 bits per heavy atom. The van der Waals surface area contributed by atoms with Gasteiger partial charge in [0.25, 0.3) is 5.91 Å². The molecule has 0 saturated carbocycles. The van der Waals surface area contributed by atoms with Gasteiger partial charge in [0.2, 0.25) is 6.23 Å². The van der Waals surface area contributed by atoms with Gasteiger partial charge in [-0.15, -0.1) is 0 Å². The van der Waals surface area contributed by atoms with E-state index in [1.807, 2.05) is 18.2 Å². The Bertz CT molecular complexity index is 772. The summed E-state index contributed by atoms with van der Waals surface area (Å²) in [4.78, 5) is 22.9. The van der Waals surface area contributed by atoms with Gasteiger partial charge in [-0.1, -0.05) is 31.2 Å². The predicted molar refractivity (Wildman–Crippen MR) is 90.8 cm³/mol. The minimum atomic E-state index is -0.814. The van der Waals surface area contributed by atoms with Gasteiger partial charge in [0.05, 0.1) is 11.5 Å². The molecule has 0 saturated heterocycles. The summed E-state index contributed by atoms with van der Waals surface area (Å²) < 4.78 is 11.4. The molecule has 0 radical (unpaired) electrons. The van der Waals surface area contributed by atoms with E-state index in [-0.39, 0.29) is 12.5 Å². The molecule has 0 fully saturated rings. The molecule has 6 heteroatoms. The van der Waals surface area contributed by atoms with Crippen LogP contribution in [0.15, 0.2) is 48.5 Å². The van der Waals surface area contributed by atoms with Crippen molar-refractivity contribution in [3.63, 3.8) is 0 Å². The zero-order valence-electron chi connectivity index (χ0n) is 13.8. The Labute approximate surface area is 145 Å². The molecule has 0 bridgehead atoms. The summed E-state index contributed by atoms with van der Waals surface area (Å²) in [5.41, 5.74) is 1.44. The average Bonchev–Trinajstić information content (AvgIpc) is 2.61. The standard InChI is InChI=1S/C19H19NO5/c1-12(19(22)23)10-13-6-8-14(9-7-13)24-11-17-20-18(21)15-4-2-3-5-16(15)25-17/h2-9,12,17H,10-11H2,1H3,(H,20,21)(H,22,23). The number of amides is 1. The van der Waals surface area contributed by atoms with Gasteiger partial charge in [0, 0.05) is 0 Å². The number of para-hydroxylation sites is 1. The van der Waals surface area contributed by atoms with E-state index in [0.29, 0.717) is 23.5 Å². The molecule has 0 aliphatic carbocycles. The van der Waals surface area contributed by atoms with Crippen LogP contribution in [0.4, 0.5) is 0 Å². The van der Waals surface area contributed by atoms with Crippen LogP contribution >= 0.6 is 0 Å². The quantitative estimate of drug-likeness (QED) is 0.843. The summed E-state index contributed by atoms with van der Waals surface area (Å²) >= 11 is 0. The van der Waals surface area contributed by atoms with Crippen LogP contribution in [0, 0.1) is 5.92 Å². The van der Waals surface area contributed by atoms with Crippen LogP contribution in [-0.2, 0) is 11.2 Å². The monoisotopic (exact) mass is 341 g/mol. The van der Waals surface area contributed by atoms with E-state index in [9.17, 15) is 9.59 Å². The Morgan fingerprint density at radius 2 is 1.96 bits per heavy atom. The number of nitrogens with one attached hydrogen (secondary N) is 1. The molecule has 0 aromatic heterocycles. The Hall–Kier alpha value is -3.02. The van der Waals surface area contributed by atoms with Crippen molar-refractivity contribution in [2.45, 2.75) is 19.6 Å². The maximum atomic E-state index is 12.0. The number of carbonyl (C=O) groups excluding carboxylic acids is 1. The fourth-order valence-corrected chi connectivity index (χ4v) is 2.57. The van der Waals surface area contributed by atoms with E-state index >= 15 is 0 Å². The van der Waals surface area contributed by atoms with Crippen molar-refractivity contribution in [1.82, 2.24) is 5.32 Å². The van der Waals surface area contributed by atoms with Crippen LogP contribution in [0.25, 0.3) is 0 Å². The molecule has 1 amide bonds. The number of ether oxygens (including phenoxy) is 2. The van der Waals surface area contributed by atoms with E-state index in [2.05, 4.69) is 5.32 Å². The number of rotatable bonds is 6. The Kier molecular flexibility index (Phi) is 4.88. The molecule has 1 aliphatic heterocycles. The number of carboxylic acid groups (broad SMARTS) is 1. The van der Waals surface area contributed by atoms with Gasteiger partial charge in [0.15, 0.2) is 0 Å². The van der Waals surface area contributed by atoms with Crippen molar-refractivity contribution in [1.29, 1.82) is 0 Å². The summed E-state index contributed by atoms with van der Waals surface area (Å²) in [5, 5.41) is 11.7. The fraction of sp³-hybridized carbons (Fsp3) is 0.263. The number of carboxylic acids is 1. The molecule has 1 aliphatic rings. The third-order valence-electron chi connectivity index (χ3n) is 3.98. The largest absolute Gasteiger partial charge is 0.488 e. The van der Waals surface area contributed by atoms with Crippen LogP contribution in [0.3, 0.4) is 0 Å². The van der Waals surface area contributed by atoms with Crippen LogP contribution in [-0.4, -0.2) is 29.8 Å². The maximum absolute atomic E-state index is 12.0. The van der Waals surface area contributed by atoms with Crippen LogP contribution in [0.2, 0.25) is 0 Å². The van der Waals surface area contributed by atoms with E-state index in [1.54, 1.807) is 37.3 Å². The van der Waals surface area contributed by atoms with Crippen LogP contribution in [0.5, 0.6) is 11.5 Å². The van der Waals surface area contributed by atoms with Gasteiger partial charge < -0.3 is 19.9 Å². The number of hydrogen-bond donors (Lipinski definition) is 2. The number of benzene rings is 2. The molecule has 2 aromatic carbocycles. The minimum Gasteiger partial charge on any atom is -0.488 e. The molecule has 0 spiro atoms. The van der Waals surface area contributed by atoms with E-state index < -0.39 is 18.1 Å². The molecule has 2 N–H and O–H groups in total. The van der Waals surface area contributed by atoms with Crippen molar-refractivity contribution in [2.24, 2.45) is 5.92 Å². The second kappa shape index (κ2) is 7.25. The molecular formula is C19H19NO5. The molecule has 1 heterocycles. The van der Waals surface area contributed by atoms with Gasteiger partial charge in [-0.2, -0.15) is 0 Å². The second-order valence-corrected chi connectivity index (χ2v) is 5.97. The lowest BCUT2D eigenvalue weighted by molar-refractivity contribution is -0.141. The van der Waals surface area contributed by atoms with Gasteiger partial charge in [-0.3, -0.25) is 9.59 Å². The number of aliphatic carboxylic acids is 1. The lowest BCUT2D eigenvalue weighted by Gasteiger charge is -2.26. The third kappa shape index (κ3) is 4.09. The first kappa shape index (κ1) is 16.8. The van der Waals surface area contributed by atoms with Crippen molar-refractivity contribution in [3.8, 4) is 11.5 Å². The van der Waals surface area contributed by atoms with Gasteiger partial charge >= 0.3 is 5.97 Å². The number of fused-ring (bicyclic) bond motifs is 1. The van der Waals surface area contributed by atoms with Crippen LogP contribution in [0.1, 0.15) is 22.8 Å². The molecule has 6 nitrogen and oxygen atoms in total. The molecule has 25 heavy (non-hydrogen) atoms. The summed E-state index contributed by atoms with van der Waals surface area (Å²) in [7, 11) is 0. The molecular weight excluding hydrogens is 322 g/mol. The smallest absolute Gasteiger partial charge is 0.306 e. The lowest BCUT2D eigenvalue weighted by atomic mass is 10.0. The van der Waals surface area contributed by atoms with Crippen molar-refractivity contribution < 1.29 is 24.2 Å². The topological polar surface area (TPSA) is 84.9 Å². The Morgan fingerprint density at radius 1 is 1.24 bits per heavy atom. The zero-order valence-corrected chi connectivity index (χ0v) is 13.8. The Balaban J connectivity index is 1.56. The predicted octanol–water partition coefficient (Wildman–Crippen LogP) is 2.48. The number of carbonyl (C=O) groups is 2. The average molecular weight is 341 g/mol. The lowest BCUT2D eigenvalue weighted by Crippen LogP contribution is -2.46. The van der Waals surface area contributed by atoms with Crippen molar-refractivity contribution >= 4 is 11.9 Å². The van der Waals surface area contributed by atoms with Gasteiger partial charge in [0.1, 0.15) is 18.1 Å². The van der Waals surface area contributed by atoms with E-state index in [4.69, 9.17) is 14.6 Å². The van der Waals surface area contributed by atoms with Gasteiger partial charge in [-0.05, 0) is 36.2 Å². The molecule has 2 atom stereocenters. The summed E-state index contributed by atoms with van der Waals surface area (Å²) in [6.07, 6.45) is -0.0946. The summed E-state index contributed by atoms with van der Waals surface area (Å²) in [6, 6.07) is 14.3. The first-order valence-electron chi connectivity index (χ1n) is 8.04. The zero-order chi connectivity index (χ0) is 17.8. The fourth-order valence-electron chi connectivity index (χ4n) is 2.57. The maximum Gasteiger partial charge on any atom is 0.306 e. The normalized spacial score (nSPS) is 17.0. The first-order chi connectivity index (χ1) is 12.0. The highest BCUT2D eigenvalue weighted by atomic mass is 16.5.